The minimum absolute atomic E-state index is 0.162. The quantitative estimate of drug-likeness (QED) is 0.0406. The van der Waals surface area contributed by atoms with Crippen LogP contribution in [-0.4, -0.2) is 97.9 Å². The molecule has 10 heteroatoms. The summed E-state index contributed by atoms with van der Waals surface area (Å²) in [4.78, 5) is 4.75. The van der Waals surface area contributed by atoms with Crippen molar-refractivity contribution < 1.29 is 37.9 Å². The number of rotatable bonds is 30. The van der Waals surface area contributed by atoms with Crippen molar-refractivity contribution in [2.75, 3.05) is 39.4 Å². The Kier molecular flexibility index (Phi) is 22.2. The normalized spacial score (nSPS) is 21.7. The van der Waals surface area contributed by atoms with E-state index in [2.05, 4.69) is 120 Å². The molecule has 0 unspecified atom stereocenters. The summed E-state index contributed by atoms with van der Waals surface area (Å²) in [7, 11) is 0. The molecule has 0 radical (unpaired) electrons. The Balaban J connectivity index is 0.899. The first-order valence-electron chi connectivity index (χ1n) is 27.5. The zero-order chi connectivity index (χ0) is 53.4. The summed E-state index contributed by atoms with van der Waals surface area (Å²) in [6.07, 6.45) is 1.77. The van der Waals surface area contributed by atoms with Crippen LogP contribution in [0.15, 0.2) is 232 Å². The van der Waals surface area contributed by atoms with Gasteiger partial charge in [0.2, 0.25) is 0 Å². The van der Waals surface area contributed by atoms with Crippen molar-refractivity contribution in [3.05, 3.63) is 276 Å². The van der Waals surface area contributed by atoms with Gasteiger partial charge in [-0.2, -0.15) is 0 Å². The van der Waals surface area contributed by atoms with E-state index in [1.165, 1.54) is 0 Å². The Morgan fingerprint density at radius 2 is 0.590 bits per heavy atom. The summed E-state index contributed by atoms with van der Waals surface area (Å²) >= 11 is 0. The van der Waals surface area contributed by atoms with Crippen molar-refractivity contribution in [2.45, 2.75) is 102 Å². The van der Waals surface area contributed by atoms with Gasteiger partial charge in [0.1, 0.15) is 24.4 Å². The summed E-state index contributed by atoms with van der Waals surface area (Å²) in [6, 6.07) is 69.9. The van der Waals surface area contributed by atoms with Gasteiger partial charge in [0.05, 0.1) is 90.4 Å². The van der Waals surface area contributed by atoms with Crippen LogP contribution >= 0.6 is 0 Å². The Hall–Kier alpha value is -6.38. The Labute approximate surface area is 462 Å². The van der Waals surface area contributed by atoms with E-state index >= 15 is 0 Å². The van der Waals surface area contributed by atoms with Gasteiger partial charge in [0, 0.05) is 26.2 Å². The third kappa shape index (κ3) is 16.8. The molecule has 0 aromatic heterocycles. The van der Waals surface area contributed by atoms with E-state index in [1.54, 1.807) is 0 Å². The SMILES string of the molecule is C=CCN1C[C@H](OCc2ccccc2)[C@@H](OCc2ccccc2)[C@H](OCc2ccccc2)[C@H]1COCc1cccc(COC[C@@H]2[C@@H](OCc3ccccc3)[C@H](OCc3ccccc3)[C@@H](OCc3ccccc3)CN2CC=C)c1. The van der Waals surface area contributed by atoms with Gasteiger partial charge in [-0.05, 0) is 44.5 Å². The van der Waals surface area contributed by atoms with Crippen molar-refractivity contribution in [1.82, 2.24) is 9.80 Å². The maximum atomic E-state index is 6.99. The van der Waals surface area contributed by atoms with Crippen LogP contribution in [0.2, 0.25) is 0 Å². The number of hydrogen-bond donors (Lipinski definition) is 0. The summed E-state index contributed by atoms with van der Waals surface area (Å²) in [5.74, 6) is 0. The van der Waals surface area contributed by atoms with E-state index in [-0.39, 0.29) is 36.5 Å². The van der Waals surface area contributed by atoms with Crippen molar-refractivity contribution in [3.63, 3.8) is 0 Å². The average Bonchev–Trinajstić information content (AvgIpc) is 3.56. The second-order valence-corrected chi connectivity index (χ2v) is 20.2. The van der Waals surface area contributed by atoms with E-state index in [0.29, 0.717) is 92.2 Å². The summed E-state index contributed by atoms with van der Waals surface area (Å²) < 4.78 is 54.9. The van der Waals surface area contributed by atoms with Crippen molar-refractivity contribution >= 4 is 0 Å². The monoisotopic (exact) mass is 1050 g/mol. The molecular weight excluding hydrogens is 973 g/mol. The first kappa shape index (κ1) is 56.3. The largest absolute Gasteiger partial charge is 0.375 e. The number of ether oxygens (including phenoxy) is 8. The molecule has 10 nitrogen and oxygen atoms in total. The number of hydrogen-bond acceptors (Lipinski definition) is 10. The highest BCUT2D eigenvalue weighted by Crippen LogP contribution is 2.32. The Morgan fingerprint density at radius 1 is 0.321 bits per heavy atom. The third-order valence-corrected chi connectivity index (χ3v) is 14.5. The van der Waals surface area contributed by atoms with Gasteiger partial charge in [-0.1, -0.05) is 218 Å². The fraction of sp³-hybridized carbons (Fsp3) is 0.324. The van der Waals surface area contributed by atoms with Gasteiger partial charge >= 0.3 is 0 Å². The molecule has 0 saturated carbocycles. The zero-order valence-corrected chi connectivity index (χ0v) is 44.9. The predicted molar refractivity (Wildman–Crippen MR) is 307 cm³/mol. The molecule has 0 N–H and O–H groups in total. The molecule has 78 heavy (non-hydrogen) atoms. The Bertz CT molecular complexity index is 2590. The molecule has 2 fully saturated rings. The summed E-state index contributed by atoms with van der Waals surface area (Å²) in [6.45, 7) is 15.0. The first-order chi connectivity index (χ1) is 38.6. The smallest absolute Gasteiger partial charge is 0.113 e. The molecule has 0 amide bonds. The highest BCUT2D eigenvalue weighted by molar-refractivity contribution is 5.23. The summed E-state index contributed by atoms with van der Waals surface area (Å²) in [5.41, 5.74) is 8.65. The molecule has 2 saturated heterocycles. The maximum Gasteiger partial charge on any atom is 0.113 e. The molecular formula is C68H76N2O8. The second kappa shape index (κ2) is 30.7. The van der Waals surface area contributed by atoms with E-state index in [0.717, 1.165) is 44.5 Å². The molecule has 2 heterocycles. The van der Waals surface area contributed by atoms with Crippen molar-refractivity contribution in [2.24, 2.45) is 0 Å². The second-order valence-electron chi connectivity index (χ2n) is 20.2. The molecule has 2 aliphatic heterocycles. The molecule has 7 aromatic carbocycles. The molecule has 8 atom stereocenters. The van der Waals surface area contributed by atoms with Crippen LogP contribution in [0.4, 0.5) is 0 Å². The predicted octanol–water partition coefficient (Wildman–Crippen LogP) is 12.0. The lowest BCUT2D eigenvalue weighted by Gasteiger charge is -2.48. The van der Waals surface area contributed by atoms with Gasteiger partial charge in [0.15, 0.2) is 0 Å². The van der Waals surface area contributed by atoms with E-state index in [1.807, 2.05) is 121 Å². The number of piperidine rings is 2. The molecule has 0 spiro atoms. The van der Waals surface area contributed by atoms with E-state index in [9.17, 15) is 0 Å². The zero-order valence-electron chi connectivity index (χ0n) is 44.9. The van der Waals surface area contributed by atoms with E-state index in [4.69, 9.17) is 37.9 Å². The van der Waals surface area contributed by atoms with Gasteiger partial charge in [-0.15, -0.1) is 13.2 Å². The molecule has 0 bridgehead atoms. The van der Waals surface area contributed by atoms with Crippen molar-refractivity contribution in [3.8, 4) is 0 Å². The first-order valence-corrected chi connectivity index (χ1v) is 27.5. The molecule has 9 rings (SSSR count). The van der Waals surface area contributed by atoms with Gasteiger partial charge in [-0.25, -0.2) is 0 Å². The van der Waals surface area contributed by atoms with E-state index < -0.39 is 12.2 Å². The minimum atomic E-state index is -0.391. The lowest BCUT2D eigenvalue weighted by molar-refractivity contribution is -0.209. The molecule has 0 aliphatic carbocycles. The fourth-order valence-electron chi connectivity index (χ4n) is 10.5. The van der Waals surface area contributed by atoms with Crippen molar-refractivity contribution in [1.29, 1.82) is 0 Å². The highest BCUT2D eigenvalue weighted by atomic mass is 16.6. The van der Waals surface area contributed by atoms with Crippen LogP contribution in [0.3, 0.4) is 0 Å². The highest BCUT2D eigenvalue weighted by Gasteiger charge is 2.47. The number of nitrogens with zero attached hydrogens (tertiary/aromatic N) is 2. The fourth-order valence-corrected chi connectivity index (χ4v) is 10.5. The van der Waals surface area contributed by atoms with Crippen LogP contribution in [0, 0.1) is 0 Å². The summed E-state index contributed by atoms with van der Waals surface area (Å²) in [5, 5.41) is 0. The van der Waals surface area contributed by atoms with Crippen LogP contribution in [0.1, 0.15) is 44.5 Å². The van der Waals surface area contributed by atoms with Crippen LogP contribution in [-0.2, 0) is 90.7 Å². The average molecular weight is 1050 g/mol. The number of likely N-dealkylation sites (tertiary alicyclic amines) is 2. The third-order valence-electron chi connectivity index (χ3n) is 14.5. The van der Waals surface area contributed by atoms with Gasteiger partial charge in [0.25, 0.3) is 0 Å². The number of benzene rings is 7. The maximum absolute atomic E-state index is 6.99. The van der Waals surface area contributed by atoms with Crippen LogP contribution in [0.5, 0.6) is 0 Å². The van der Waals surface area contributed by atoms with Gasteiger partial charge in [-0.3, -0.25) is 9.80 Å². The molecule has 2 aliphatic rings. The lowest BCUT2D eigenvalue weighted by atomic mass is 9.93. The standard InChI is InChI=1S/C68H76N2O8/c1-3-38-69-41-63(73-45-53-24-11-5-12-25-53)67(77-49-57-32-19-9-20-33-57)65(75-47-55-28-15-7-16-29-55)61(69)51-71-43-59-36-23-37-60(40-59)44-72-52-62-66(76-48-56-30-17-8-18-31-56)68(78-50-58-34-21-10-22-35-58)64(42-70(62)39-4-2)74-46-54-26-13-6-14-27-54/h3-37,40,61-68H,1-2,38-39,41-52H2/t61-,62-,63+,64+,65-,66-,67-,68-/m1/s1. The minimum Gasteiger partial charge on any atom is -0.375 e. The van der Waals surface area contributed by atoms with Crippen LogP contribution < -0.4 is 0 Å². The lowest BCUT2D eigenvalue weighted by Crippen LogP contribution is -2.64. The topological polar surface area (TPSA) is 80.3 Å². The molecule has 406 valence electrons. The van der Waals surface area contributed by atoms with Gasteiger partial charge < -0.3 is 37.9 Å². The Morgan fingerprint density at radius 3 is 0.885 bits per heavy atom. The molecule has 7 aromatic rings. The van der Waals surface area contributed by atoms with Crippen LogP contribution in [0.25, 0.3) is 0 Å².